The molecule has 0 aromatic heterocycles. The molecule has 0 amide bonds. The number of rotatable bonds is 7. The molecule has 0 aromatic carbocycles. The van der Waals surface area contributed by atoms with Gasteiger partial charge in [-0.05, 0) is 6.42 Å². The van der Waals surface area contributed by atoms with E-state index in [0.717, 1.165) is 0 Å². The van der Waals surface area contributed by atoms with Gasteiger partial charge in [0.1, 0.15) is 11.8 Å². The van der Waals surface area contributed by atoms with E-state index in [0.29, 0.717) is 6.42 Å². The SMILES string of the molecule is CC(C)N[C@@H](CC(C)(C)C(=O)C(C)C)C(=O)O. The zero-order valence-corrected chi connectivity index (χ0v) is 11.7. The van der Waals surface area contributed by atoms with Gasteiger partial charge in [-0.1, -0.05) is 41.5 Å². The minimum absolute atomic E-state index is 0.0708. The van der Waals surface area contributed by atoms with Crippen molar-refractivity contribution in [3.05, 3.63) is 0 Å². The summed E-state index contributed by atoms with van der Waals surface area (Å²) in [5.74, 6) is -0.865. The van der Waals surface area contributed by atoms with Crippen molar-refractivity contribution in [2.45, 2.75) is 60.0 Å². The molecule has 0 aromatic rings. The van der Waals surface area contributed by atoms with Gasteiger partial charge in [0, 0.05) is 17.4 Å². The summed E-state index contributed by atoms with van der Waals surface area (Å²) in [7, 11) is 0. The molecule has 0 saturated heterocycles. The number of nitrogens with one attached hydrogen (secondary N) is 1. The van der Waals surface area contributed by atoms with Crippen LogP contribution in [0.15, 0.2) is 0 Å². The number of carboxylic acid groups (broad SMARTS) is 1. The Labute approximate surface area is 104 Å². The van der Waals surface area contributed by atoms with Gasteiger partial charge < -0.3 is 10.4 Å². The highest BCUT2D eigenvalue weighted by atomic mass is 16.4. The van der Waals surface area contributed by atoms with Gasteiger partial charge >= 0.3 is 5.97 Å². The lowest BCUT2D eigenvalue weighted by atomic mass is 9.77. The molecule has 0 aliphatic heterocycles. The number of aliphatic carboxylic acids is 1. The summed E-state index contributed by atoms with van der Waals surface area (Å²) < 4.78 is 0. The third-order valence-electron chi connectivity index (χ3n) is 2.74. The van der Waals surface area contributed by atoms with Crippen LogP contribution in [-0.4, -0.2) is 28.9 Å². The zero-order valence-electron chi connectivity index (χ0n) is 11.7. The molecule has 0 aliphatic rings. The Morgan fingerprint density at radius 1 is 1.18 bits per heavy atom. The topological polar surface area (TPSA) is 66.4 Å². The minimum Gasteiger partial charge on any atom is -0.480 e. The van der Waals surface area contributed by atoms with Gasteiger partial charge in [0.2, 0.25) is 0 Å². The van der Waals surface area contributed by atoms with Gasteiger partial charge in [0.05, 0.1) is 0 Å². The molecule has 0 fully saturated rings. The Bertz CT molecular complexity index is 282. The average Bonchev–Trinajstić information content (AvgIpc) is 2.14. The van der Waals surface area contributed by atoms with Crippen LogP contribution in [-0.2, 0) is 9.59 Å². The average molecular weight is 243 g/mol. The molecule has 4 nitrogen and oxygen atoms in total. The number of hydrogen-bond donors (Lipinski definition) is 2. The number of hydrogen-bond acceptors (Lipinski definition) is 3. The van der Waals surface area contributed by atoms with E-state index in [1.807, 2.05) is 41.5 Å². The first-order valence-electron chi connectivity index (χ1n) is 6.11. The molecule has 4 heteroatoms. The van der Waals surface area contributed by atoms with Crippen molar-refractivity contribution in [2.24, 2.45) is 11.3 Å². The van der Waals surface area contributed by atoms with E-state index in [1.54, 1.807) is 0 Å². The first-order chi connectivity index (χ1) is 7.58. The zero-order chi connectivity index (χ0) is 13.8. The molecule has 1 atom stereocenters. The predicted molar refractivity (Wildman–Crippen MR) is 67.9 cm³/mol. The summed E-state index contributed by atoms with van der Waals surface area (Å²) in [5.41, 5.74) is -0.612. The van der Waals surface area contributed by atoms with E-state index in [1.165, 1.54) is 0 Å². The summed E-state index contributed by atoms with van der Waals surface area (Å²) in [6, 6.07) is -0.589. The molecular weight excluding hydrogens is 218 g/mol. The van der Waals surface area contributed by atoms with Crippen molar-refractivity contribution < 1.29 is 14.7 Å². The van der Waals surface area contributed by atoms with Crippen LogP contribution in [0.25, 0.3) is 0 Å². The fourth-order valence-corrected chi connectivity index (χ4v) is 2.01. The number of carbonyl (C=O) groups excluding carboxylic acids is 1. The second-order valence-electron chi connectivity index (χ2n) is 5.82. The molecule has 100 valence electrons. The van der Waals surface area contributed by atoms with Crippen molar-refractivity contribution in [3.8, 4) is 0 Å². The van der Waals surface area contributed by atoms with E-state index in [9.17, 15) is 9.59 Å². The van der Waals surface area contributed by atoms with Gasteiger partial charge in [-0.15, -0.1) is 0 Å². The predicted octanol–water partition coefficient (Wildman–Crippen LogP) is 2.08. The normalized spacial score (nSPS) is 14.1. The number of carbonyl (C=O) groups is 2. The van der Waals surface area contributed by atoms with Crippen molar-refractivity contribution in [3.63, 3.8) is 0 Å². The van der Waals surface area contributed by atoms with Crippen LogP contribution in [0.1, 0.15) is 48.0 Å². The third kappa shape index (κ3) is 5.31. The Morgan fingerprint density at radius 3 is 1.94 bits per heavy atom. The lowest BCUT2D eigenvalue weighted by Crippen LogP contribution is -2.45. The van der Waals surface area contributed by atoms with E-state index in [-0.39, 0.29) is 17.7 Å². The van der Waals surface area contributed by atoms with Gasteiger partial charge in [-0.25, -0.2) is 0 Å². The monoisotopic (exact) mass is 243 g/mol. The lowest BCUT2D eigenvalue weighted by Gasteiger charge is -2.29. The van der Waals surface area contributed by atoms with E-state index in [2.05, 4.69) is 5.32 Å². The highest BCUT2D eigenvalue weighted by Crippen LogP contribution is 2.27. The van der Waals surface area contributed by atoms with Crippen LogP contribution < -0.4 is 5.32 Å². The summed E-state index contributed by atoms with van der Waals surface area (Å²) in [5, 5.41) is 12.1. The van der Waals surface area contributed by atoms with Crippen molar-refractivity contribution in [2.75, 3.05) is 0 Å². The maximum absolute atomic E-state index is 12.0. The molecule has 0 bridgehead atoms. The highest BCUT2D eigenvalue weighted by Gasteiger charge is 2.34. The first-order valence-corrected chi connectivity index (χ1v) is 6.11. The van der Waals surface area contributed by atoms with E-state index in [4.69, 9.17) is 5.11 Å². The van der Waals surface area contributed by atoms with Gasteiger partial charge in [0.25, 0.3) is 0 Å². The third-order valence-corrected chi connectivity index (χ3v) is 2.74. The molecule has 0 rings (SSSR count). The number of ketones is 1. The molecule has 0 aliphatic carbocycles. The Hall–Kier alpha value is -0.900. The Balaban J connectivity index is 4.74. The van der Waals surface area contributed by atoms with Crippen molar-refractivity contribution in [1.29, 1.82) is 0 Å². The summed E-state index contributed by atoms with van der Waals surface area (Å²) in [6.07, 6.45) is 0.317. The smallest absolute Gasteiger partial charge is 0.320 e. The van der Waals surface area contributed by atoms with Gasteiger partial charge in [-0.3, -0.25) is 9.59 Å². The van der Waals surface area contributed by atoms with E-state index >= 15 is 0 Å². The maximum atomic E-state index is 12.0. The molecule has 17 heavy (non-hydrogen) atoms. The Morgan fingerprint density at radius 2 is 1.65 bits per heavy atom. The molecule has 0 spiro atoms. The summed E-state index contributed by atoms with van der Waals surface area (Å²) >= 11 is 0. The number of Topliss-reactive ketones (excluding diaryl/α,β-unsaturated/α-hetero) is 1. The minimum atomic E-state index is -0.900. The molecular formula is C13H25NO3. The molecule has 0 saturated carbocycles. The second-order valence-corrected chi connectivity index (χ2v) is 5.82. The van der Waals surface area contributed by atoms with Crippen LogP contribution >= 0.6 is 0 Å². The van der Waals surface area contributed by atoms with Gasteiger partial charge in [-0.2, -0.15) is 0 Å². The summed E-state index contributed by atoms with van der Waals surface area (Å²) in [4.78, 5) is 23.1. The fourth-order valence-electron chi connectivity index (χ4n) is 2.01. The molecule has 0 radical (unpaired) electrons. The maximum Gasteiger partial charge on any atom is 0.320 e. The largest absolute Gasteiger partial charge is 0.480 e. The van der Waals surface area contributed by atoms with Crippen molar-refractivity contribution in [1.82, 2.24) is 5.32 Å². The Kier molecular flexibility index (Phi) is 5.82. The molecule has 2 N–H and O–H groups in total. The standard InChI is InChI=1S/C13H25NO3/c1-8(2)11(15)13(5,6)7-10(12(16)17)14-9(3)4/h8-10,14H,7H2,1-6H3,(H,16,17)/t10-/m0/s1. The van der Waals surface area contributed by atoms with Gasteiger partial charge in [0.15, 0.2) is 0 Å². The lowest BCUT2D eigenvalue weighted by molar-refractivity contribution is -0.141. The number of carboxylic acids is 1. The molecule has 0 heterocycles. The van der Waals surface area contributed by atoms with E-state index < -0.39 is 17.4 Å². The highest BCUT2D eigenvalue weighted by molar-refractivity contribution is 5.86. The van der Waals surface area contributed by atoms with Crippen LogP contribution in [0, 0.1) is 11.3 Å². The van der Waals surface area contributed by atoms with Crippen LogP contribution in [0.5, 0.6) is 0 Å². The molecule has 0 unspecified atom stereocenters. The van der Waals surface area contributed by atoms with Crippen molar-refractivity contribution >= 4 is 11.8 Å². The quantitative estimate of drug-likeness (QED) is 0.718. The van der Waals surface area contributed by atoms with Crippen LogP contribution in [0.4, 0.5) is 0 Å². The summed E-state index contributed by atoms with van der Waals surface area (Å²) in [6.45, 7) is 11.1. The van der Waals surface area contributed by atoms with Crippen LogP contribution in [0.3, 0.4) is 0 Å². The second kappa shape index (κ2) is 6.15. The first kappa shape index (κ1) is 16.1. The fraction of sp³-hybridized carbons (Fsp3) is 0.846. The van der Waals surface area contributed by atoms with Crippen LogP contribution in [0.2, 0.25) is 0 Å².